The van der Waals surface area contributed by atoms with E-state index in [0.717, 1.165) is 29.2 Å². The first-order valence-electron chi connectivity index (χ1n) is 10.1. The van der Waals surface area contributed by atoms with Gasteiger partial charge < -0.3 is 15.0 Å². The zero-order valence-corrected chi connectivity index (χ0v) is 16.7. The Morgan fingerprint density at radius 2 is 1.82 bits per heavy atom. The number of ether oxygens (including phenoxy) is 1. The van der Waals surface area contributed by atoms with Crippen molar-refractivity contribution in [1.29, 1.82) is 0 Å². The maximum atomic E-state index is 12.7. The molecule has 2 amide bonds. The first-order valence-corrected chi connectivity index (χ1v) is 11.0. The van der Waals surface area contributed by atoms with Crippen LogP contribution in [0.3, 0.4) is 0 Å². The van der Waals surface area contributed by atoms with Crippen LogP contribution in [0.4, 0.5) is 5.69 Å². The Bertz CT molecular complexity index is 807. The van der Waals surface area contributed by atoms with Crippen LogP contribution >= 0.6 is 11.3 Å². The van der Waals surface area contributed by atoms with Crippen molar-refractivity contribution in [2.75, 3.05) is 18.4 Å². The summed E-state index contributed by atoms with van der Waals surface area (Å²) in [4.78, 5) is 27.7. The molecule has 1 aromatic carbocycles. The molecule has 1 saturated carbocycles. The Kier molecular flexibility index (Phi) is 5.95. The molecule has 2 fully saturated rings. The minimum Gasteiger partial charge on any atom is -0.490 e. The highest BCUT2D eigenvalue weighted by molar-refractivity contribution is 7.12. The monoisotopic (exact) mass is 398 g/mol. The number of hydrogen-bond acceptors (Lipinski definition) is 4. The molecule has 1 aliphatic carbocycles. The van der Waals surface area contributed by atoms with Crippen LogP contribution < -0.4 is 10.1 Å². The summed E-state index contributed by atoms with van der Waals surface area (Å²) in [5.74, 6) is 0.861. The molecule has 1 aromatic heterocycles. The van der Waals surface area contributed by atoms with Gasteiger partial charge in [-0.3, -0.25) is 9.59 Å². The van der Waals surface area contributed by atoms with E-state index < -0.39 is 0 Å². The fourth-order valence-corrected chi connectivity index (χ4v) is 4.68. The van der Waals surface area contributed by atoms with Gasteiger partial charge in [-0.25, -0.2) is 0 Å². The van der Waals surface area contributed by atoms with Crippen molar-refractivity contribution in [3.05, 3.63) is 46.7 Å². The lowest BCUT2D eigenvalue weighted by molar-refractivity contribution is -0.121. The number of amides is 2. The van der Waals surface area contributed by atoms with E-state index >= 15 is 0 Å². The molecule has 0 spiro atoms. The fourth-order valence-electron chi connectivity index (χ4n) is 3.99. The van der Waals surface area contributed by atoms with Crippen molar-refractivity contribution in [2.24, 2.45) is 5.92 Å². The average molecular weight is 399 g/mol. The Hall–Kier alpha value is -2.34. The molecule has 148 valence electrons. The fraction of sp³-hybridized carbons (Fsp3) is 0.455. The summed E-state index contributed by atoms with van der Waals surface area (Å²) >= 11 is 1.46. The third kappa shape index (κ3) is 4.55. The second-order valence-corrected chi connectivity index (χ2v) is 8.53. The minimum absolute atomic E-state index is 0.0289. The molecular formula is C22H26N2O3S. The highest BCUT2D eigenvalue weighted by Crippen LogP contribution is 2.27. The zero-order chi connectivity index (χ0) is 19.3. The van der Waals surface area contributed by atoms with Gasteiger partial charge in [0.05, 0.1) is 11.0 Å². The summed E-state index contributed by atoms with van der Waals surface area (Å²) in [7, 11) is 0. The number of nitrogens with zero attached hydrogens (tertiary/aromatic N) is 1. The number of carbonyl (C=O) groups excluding carboxylic acids is 2. The number of nitrogens with one attached hydrogen (secondary N) is 1. The van der Waals surface area contributed by atoms with Gasteiger partial charge in [0.2, 0.25) is 5.91 Å². The van der Waals surface area contributed by atoms with Crippen molar-refractivity contribution in [3.8, 4) is 5.75 Å². The van der Waals surface area contributed by atoms with Gasteiger partial charge in [-0.05, 0) is 62.1 Å². The number of piperidine rings is 1. The molecule has 0 atom stereocenters. The van der Waals surface area contributed by atoms with Crippen molar-refractivity contribution < 1.29 is 14.3 Å². The number of benzene rings is 1. The van der Waals surface area contributed by atoms with Crippen molar-refractivity contribution in [2.45, 2.75) is 44.6 Å². The summed E-state index contributed by atoms with van der Waals surface area (Å²) in [6, 6.07) is 11.4. The van der Waals surface area contributed by atoms with E-state index in [0.29, 0.717) is 32.0 Å². The molecule has 4 rings (SSSR count). The lowest BCUT2D eigenvalue weighted by atomic mass is 9.95. The molecule has 2 aromatic rings. The van der Waals surface area contributed by atoms with Gasteiger partial charge in [0, 0.05) is 30.8 Å². The average Bonchev–Trinajstić information content (AvgIpc) is 3.42. The van der Waals surface area contributed by atoms with Crippen LogP contribution in [0.1, 0.15) is 48.2 Å². The Morgan fingerprint density at radius 1 is 1.04 bits per heavy atom. The lowest BCUT2D eigenvalue weighted by Gasteiger charge is -2.31. The van der Waals surface area contributed by atoms with Crippen LogP contribution in [0.5, 0.6) is 5.75 Å². The topological polar surface area (TPSA) is 58.6 Å². The standard InChI is InChI=1S/C22H26N2O3S/c25-21(16-10-12-24(13-11-16)22(26)20-9-4-14-28-20)23-17-5-3-8-19(15-17)27-18-6-1-2-7-18/h3-5,8-9,14-16,18H,1-2,6-7,10-13H2,(H,23,25). The summed E-state index contributed by atoms with van der Waals surface area (Å²) in [5.41, 5.74) is 0.776. The number of thiophene rings is 1. The van der Waals surface area contributed by atoms with Crippen LogP contribution in [0.25, 0.3) is 0 Å². The number of hydrogen-bond donors (Lipinski definition) is 1. The molecule has 2 heterocycles. The Balaban J connectivity index is 1.29. The molecule has 1 saturated heterocycles. The maximum Gasteiger partial charge on any atom is 0.263 e. The molecule has 0 unspecified atom stereocenters. The molecule has 5 nitrogen and oxygen atoms in total. The number of carbonyl (C=O) groups is 2. The second-order valence-electron chi connectivity index (χ2n) is 7.59. The van der Waals surface area contributed by atoms with Crippen LogP contribution in [0, 0.1) is 5.92 Å². The first-order chi connectivity index (χ1) is 13.7. The molecular weight excluding hydrogens is 372 g/mol. The van der Waals surface area contributed by atoms with E-state index in [1.165, 1.54) is 24.2 Å². The van der Waals surface area contributed by atoms with Crippen LogP contribution in [0.2, 0.25) is 0 Å². The third-order valence-corrected chi connectivity index (χ3v) is 6.45. The molecule has 0 bridgehead atoms. The van der Waals surface area contributed by atoms with E-state index in [-0.39, 0.29) is 17.7 Å². The maximum absolute atomic E-state index is 12.7. The number of anilines is 1. The van der Waals surface area contributed by atoms with Gasteiger partial charge in [0.25, 0.3) is 5.91 Å². The van der Waals surface area contributed by atoms with E-state index in [9.17, 15) is 9.59 Å². The van der Waals surface area contributed by atoms with Gasteiger partial charge in [-0.1, -0.05) is 12.1 Å². The van der Waals surface area contributed by atoms with Crippen LogP contribution in [0.15, 0.2) is 41.8 Å². The van der Waals surface area contributed by atoms with Gasteiger partial charge in [-0.15, -0.1) is 11.3 Å². The molecule has 28 heavy (non-hydrogen) atoms. The van der Waals surface area contributed by atoms with E-state index in [1.807, 2.05) is 46.7 Å². The van der Waals surface area contributed by atoms with Crippen LogP contribution in [-0.2, 0) is 4.79 Å². The highest BCUT2D eigenvalue weighted by atomic mass is 32.1. The van der Waals surface area contributed by atoms with E-state index in [2.05, 4.69) is 5.32 Å². The van der Waals surface area contributed by atoms with Crippen molar-refractivity contribution in [3.63, 3.8) is 0 Å². The lowest BCUT2D eigenvalue weighted by Crippen LogP contribution is -2.41. The summed E-state index contributed by atoms with van der Waals surface area (Å²) in [5, 5.41) is 4.94. The van der Waals surface area contributed by atoms with Gasteiger partial charge in [0.1, 0.15) is 5.75 Å². The SMILES string of the molecule is O=C(Nc1cccc(OC2CCCC2)c1)C1CCN(C(=O)c2cccs2)CC1. The first kappa shape index (κ1) is 19.0. The third-order valence-electron chi connectivity index (χ3n) is 5.59. The smallest absolute Gasteiger partial charge is 0.263 e. The predicted molar refractivity (Wildman–Crippen MR) is 111 cm³/mol. The summed E-state index contributed by atoms with van der Waals surface area (Å²) in [6.07, 6.45) is 6.38. The van der Waals surface area contributed by atoms with Gasteiger partial charge in [-0.2, -0.15) is 0 Å². The van der Waals surface area contributed by atoms with E-state index in [4.69, 9.17) is 4.74 Å². The Labute approximate surface area is 169 Å². The zero-order valence-electron chi connectivity index (χ0n) is 15.9. The minimum atomic E-state index is -0.0632. The van der Waals surface area contributed by atoms with Gasteiger partial charge in [0.15, 0.2) is 0 Å². The van der Waals surface area contributed by atoms with Crippen molar-refractivity contribution >= 4 is 28.8 Å². The number of likely N-dealkylation sites (tertiary alicyclic amines) is 1. The molecule has 6 heteroatoms. The van der Waals surface area contributed by atoms with Crippen molar-refractivity contribution in [1.82, 2.24) is 4.90 Å². The van der Waals surface area contributed by atoms with E-state index in [1.54, 1.807) is 0 Å². The summed E-state index contributed by atoms with van der Waals surface area (Å²) in [6.45, 7) is 1.25. The molecule has 1 aliphatic heterocycles. The largest absolute Gasteiger partial charge is 0.490 e. The van der Waals surface area contributed by atoms with Gasteiger partial charge >= 0.3 is 0 Å². The second kappa shape index (κ2) is 8.78. The number of rotatable bonds is 5. The normalized spacial score (nSPS) is 18.2. The molecule has 1 N–H and O–H groups in total. The van der Waals surface area contributed by atoms with Crippen LogP contribution in [-0.4, -0.2) is 35.9 Å². The quantitative estimate of drug-likeness (QED) is 0.803. The molecule has 0 radical (unpaired) electrons. The Morgan fingerprint density at radius 3 is 2.54 bits per heavy atom. The highest BCUT2D eigenvalue weighted by Gasteiger charge is 2.28. The predicted octanol–water partition coefficient (Wildman–Crippen LogP) is 4.56. The summed E-state index contributed by atoms with van der Waals surface area (Å²) < 4.78 is 6.02. The molecule has 2 aliphatic rings.